The standard InChI is InChI=1S/C16H26FN4O17P3/c17-11-12(24)9(6-35-40(31,32)38-41(33,34)37-39(28,29)30)36-15(11)21-5-7(13(25)20-16(21)27)2-1-3-19-14(26)8(18)4-10(22)23/h5,8-9,11-12,15,24H,1-4,6,18H2,(H,19,26)(H,22,23)(H,31,32)(H,33,34)(H,20,25,27)(H2,28,29,30)/t8-,9+,11-,12?,15+/m0/s1. The van der Waals surface area contributed by atoms with Crippen LogP contribution >= 0.6 is 23.5 Å². The number of carbonyl (C=O) groups excluding carboxylic acids is 1. The lowest BCUT2D eigenvalue weighted by atomic mass is 10.1. The van der Waals surface area contributed by atoms with Gasteiger partial charge in [-0.05, 0) is 12.8 Å². The van der Waals surface area contributed by atoms with Crippen LogP contribution in [0.3, 0.4) is 0 Å². The number of phosphoric acid groups is 3. The van der Waals surface area contributed by atoms with Crippen LogP contribution in [0.25, 0.3) is 0 Å². The lowest BCUT2D eigenvalue weighted by Gasteiger charge is -2.19. The molecule has 25 heteroatoms. The number of ether oxygens (including phenoxy) is 1. The van der Waals surface area contributed by atoms with Crippen molar-refractivity contribution < 1.29 is 75.3 Å². The highest BCUT2D eigenvalue weighted by Gasteiger charge is 2.48. The predicted octanol–water partition coefficient (Wildman–Crippen LogP) is -2.67. The van der Waals surface area contributed by atoms with Gasteiger partial charge in [-0.15, -0.1) is 0 Å². The number of H-pyrrole nitrogens is 1. The summed E-state index contributed by atoms with van der Waals surface area (Å²) in [5.41, 5.74) is 3.25. The molecule has 21 nitrogen and oxygen atoms in total. The molecule has 41 heavy (non-hydrogen) atoms. The molecule has 1 aromatic heterocycles. The number of aliphatic carboxylic acids is 1. The van der Waals surface area contributed by atoms with Crippen LogP contribution in [-0.2, 0) is 47.6 Å². The van der Waals surface area contributed by atoms with Gasteiger partial charge in [0, 0.05) is 18.3 Å². The second kappa shape index (κ2) is 13.9. The van der Waals surface area contributed by atoms with Gasteiger partial charge in [0.05, 0.1) is 19.1 Å². The van der Waals surface area contributed by atoms with Gasteiger partial charge in [-0.2, -0.15) is 8.62 Å². The Bertz CT molecular complexity index is 1380. The number of carboxylic acid groups (broad SMARTS) is 1. The monoisotopic (exact) mass is 658 g/mol. The number of nitrogens with one attached hydrogen (secondary N) is 2. The number of hydrogen-bond acceptors (Lipinski definition) is 13. The van der Waals surface area contributed by atoms with Crippen molar-refractivity contribution in [3.63, 3.8) is 0 Å². The fourth-order valence-corrected chi connectivity index (χ4v) is 6.36. The zero-order valence-electron chi connectivity index (χ0n) is 20.4. The fourth-order valence-electron chi connectivity index (χ4n) is 3.33. The Balaban J connectivity index is 2.05. The second-order valence-electron chi connectivity index (χ2n) is 8.31. The Morgan fingerprint density at radius 3 is 2.39 bits per heavy atom. The van der Waals surface area contributed by atoms with E-state index in [4.69, 9.17) is 30.3 Å². The van der Waals surface area contributed by atoms with Crippen LogP contribution < -0.4 is 22.3 Å². The molecule has 1 aromatic rings. The first-order valence-electron chi connectivity index (χ1n) is 11.1. The van der Waals surface area contributed by atoms with Gasteiger partial charge in [-0.25, -0.2) is 22.9 Å². The molecule has 1 fully saturated rings. The largest absolute Gasteiger partial charge is 0.490 e. The van der Waals surface area contributed by atoms with Crippen molar-refractivity contribution >= 4 is 35.3 Å². The number of amides is 1. The van der Waals surface area contributed by atoms with Crippen molar-refractivity contribution in [2.75, 3.05) is 13.2 Å². The Morgan fingerprint density at radius 1 is 1.17 bits per heavy atom. The Hall–Kier alpha value is -2.16. The molecule has 234 valence electrons. The first-order chi connectivity index (χ1) is 18.7. The molecule has 1 amide bonds. The molecule has 7 atom stereocenters. The Morgan fingerprint density at radius 2 is 1.80 bits per heavy atom. The van der Waals surface area contributed by atoms with E-state index >= 15 is 0 Å². The average molecular weight is 658 g/mol. The summed E-state index contributed by atoms with van der Waals surface area (Å²) >= 11 is 0. The van der Waals surface area contributed by atoms with Crippen LogP contribution in [0.15, 0.2) is 15.8 Å². The minimum atomic E-state index is -5.84. The van der Waals surface area contributed by atoms with Gasteiger partial charge in [0.1, 0.15) is 12.2 Å². The Labute approximate surface area is 227 Å². The van der Waals surface area contributed by atoms with E-state index in [1.165, 1.54) is 0 Å². The third-order valence-corrected chi connectivity index (χ3v) is 8.88. The van der Waals surface area contributed by atoms with Crippen LogP contribution in [0.2, 0.25) is 0 Å². The summed E-state index contributed by atoms with van der Waals surface area (Å²) in [5.74, 6) is -2.05. The topological polar surface area (TPSA) is 337 Å². The van der Waals surface area contributed by atoms with E-state index in [0.717, 1.165) is 6.20 Å². The maximum Gasteiger partial charge on any atom is 0.490 e. The molecular weight excluding hydrogens is 632 g/mol. The van der Waals surface area contributed by atoms with E-state index in [2.05, 4.69) is 18.5 Å². The molecule has 1 aliphatic rings. The summed E-state index contributed by atoms with van der Waals surface area (Å²) in [6.07, 6.45) is -7.97. The van der Waals surface area contributed by atoms with Crippen LogP contribution in [0.1, 0.15) is 24.6 Å². The van der Waals surface area contributed by atoms with Crippen molar-refractivity contribution in [1.29, 1.82) is 0 Å². The quantitative estimate of drug-likeness (QED) is 0.0685. The fraction of sp³-hybridized carbons (Fsp3) is 0.625. The molecule has 0 saturated carbocycles. The lowest BCUT2D eigenvalue weighted by molar-refractivity contribution is -0.139. The highest BCUT2D eigenvalue weighted by Crippen LogP contribution is 2.66. The van der Waals surface area contributed by atoms with Crippen molar-refractivity contribution in [1.82, 2.24) is 14.9 Å². The number of aryl methyl sites for hydroxylation is 1. The number of carbonyl (C=O) groups is 2. The van der Waals surface area contributed by atoms with Gasteiger partial charge in [0.2, 0.25) is 5.91 Å². The van der Waals surface area contributed by atoms with Gasteiger partial charge in [-0.1, -0.05) is 0 Å². The summed E-state index contributed by atoms with van der Waals surface area (Å²) in [4.78, 5) is 84.4. The van der Waals surface area contributed by atoms with Crippen LogP contribution in [-0.4, -0.2) is 88.8 Å². The van der Waals surface area contributed by atoms with Crippen molar-refractivity contribution in [3.8, 4) is 0 Å². The first-order valence-corrected chi connectivity index (χ1v) is 15.6. The van der Waals surface area contributed by atoms with Gasteiger partial charge >= 0.3 is 35.1 Å². The molecule has 0 aliphatic carbocycles. The number of hydrogen-bond donors (Lipinski definition) is 9. The first kappa shape index (κ1) is 35.0. The van der Waals surface area contributed by atoms with Gasteiger partial charge < -0.3 is 45.6 Å². The number of carboxylic acids is 1. The van der Waals surface area contributed by atoms with Crippen molar-refractivity contribution in [2.24, 2.45) is 5.73 Å². The molecule has 2 rings (SSSR count). The minimum Gasteiger partial charge on any atom is -0.481 e. The zero-order valence-corrected chi connectivity index (χ0v) is 23.1. The molecule has 1 saturated heterocycles. The molecule has 0 spiro atoms. The molecule has 0 aromatic carbocycles. The smallest absolute Gasteiger partial charge is 0.481 e. The van der Waals surface area contributed by atoms with E-state index in [0.29, 0.717) is 4.57 Å². The second-order valence-corrected chi connectivity index (χ2v) is 12.7. The SMILES string of the molecule is N[C@@H](CC(=O)O)C(=O)NCCCc1cn([C@@H]2O[C@H](COP(=O)(O)OP(=O)(O)OP(=O)(O)O)C(O)[C@@H]2F)c(=O)[nH]c1=O. The van der Waals surface area contributed by atoms with E-state index in [1.54, 1.807) is 0 Å². The molecule has 1 aliphatic heterocycles. The number of phosphoric ester groups is 1. The number of aliphatic hydroxyl groups is 1. The van der Waals surface area contributed by atoms with Crippen molar-refractivity contribution in [3.05, 3.63) is 32.6 Å². The predicted molar refractivity (Wildman–Crippen MR) is 128 cm³/mol. The van der Waals surface area contributed by atoms with Gasteiger partial charge in [-0.3, -0.25) is 28.5 Å². The molecule has 3 unspecified atom stereocenters. The molecule has 0 bridgehead atoms. The summed E-state index contributed by atoms with van der Waals surface area (Å²) in [7, 11) is -17.1. The normalized spacial score (nSPS) is 24.8. The third kappa shape index (κ3) is 10.9. The number of rotatable bonds is 15. The molecule has 0 radical (unpaired) electrons. The number of aromatic amines is 1. The minimum absolute atomic E-state index is 0.0578. The summed E-state index contributed by atoms with van der Waals surface area (Å²) < 4.78 is 65.8. The number of aliphatic hydroxyl groups excluding tert-OH is 1. The van der Waals surface area contributed by atoms with E-state index < -0.39 is 90.3 Å². The van der Waals surface area contributed by atoms with E-state index in [-0.39, 0.29) is 24.9 Å². The zero-order chi connectivity index (χ0) is 31.3. The summed E-state index contributed by atoms with van der Waals surface area (Å²) in [6, 6.07) is -1.31. The highest BCUT2D eigenvalue weighted by molar-refractivity contribution is 7.66. The molecular formula is C16H26FN4O17P3. The Kier molecular flexibility index (Phi) is 11.9. The van der Waals surface area contributed by atoms with Crippen LogP contribution in [0.4, 0.5) is 4.39 Å². The molecule has 2 heterocycles. The van der Waals surface area contributed by atoms with Gasteiger partial charge in [0.25, 0.3) is 5.56 Å². The molecule has 10 N–H and O–H groups in total. The maximum absolute atomic E-state index is 14.8. The number of nitrogens with zero attached hydrogens (tertiary/aromatic N) is 1. The third-order valence-electron chi connectivity index (χ3n) is 5.08. The van der Waals surface area contributed by atoms with Gasteiger partial charge in [0.15, 0.2) is 12.4 Å². The number of alkyl halides is 1. The van der Waals surface area contributed by atoms with Crippen molar-refractivity contribution in [2.45, 2.75) is 49.9 Å². The number of halogens is 1. The number of aromatic nitrogens is 2. The lowest BCUT2D eigenvalue weighted by Crippen LogP contribution is -2.42. The van der Waals surface area contributed by atoms with E-state index in [9.17, 15) is 47.3 Å². The highest BCUT2D eigenvalue weighted by atomic mass is 31.3. The van der Waals surface area contributed by atoms with E-state index in [1.807, 2.05) is 4.98 Å². The number of nitrogens with two attached hydrogens (primary N) is 1. The average Bonchev–Trinajstić information content (AvgIpc) is 3.07. The van der Waals surface area contributed by atoms with Crippen LogP contribution in [0, 0.1) is 0 Å². The summed E-state index contributed by atoms with van der Waals surface area (Å²) in [5, 5.41) is 21.1. The van der Waals surface area contributed by atoms with Crippen LogP contribution in [0.5, 0.6) is 0 Å². The summed E-state index contributed by atoms with van der Waals surface area (Å²) in [6.45, 7) is -1.27. The maximum atomic E-state index is 14.8.